The van der Waals surface area contributed by atoms with E-state index >= 15 is 0 Å². The summed E-state index contributed by atoms with van der Waals surface area (Å²) >= 11 is 0. The lowest BCUT2D eigenvalue weighted by Crippen LogP contribution is -2.61. The van der Waals surface area contributed by atoms with Gasteiger partial charge in [-0.3, -0.25) is 19.3 Å². The van der Waals surface area contributed by atoms with Crippen LogP contribution in [0.5, 0.6) is 0 Å². The number of benzene rings is 2. The summed E-state index contributed by atoms with van der Waals surface area (Å²) in [6.45, 7) is 0.821. The number of hydrogen-bond donors (Lipinski definition) is 1. The average Bonchev–Trinajstić information content (AvgIpc) is 3.49. The summed E-state index contributed by atoms with van der Waals surface area (Å²) < 4.78 is 5.36. The molecule has 0 radical (unpaired) electrons. The largest absolute Gasteiger partial charge is 0.452 e. The van der Waals surface area contributed by atoms with E-state index in [0.717, 1.165) is 31.4 Å². The second kappa shape index (κ2) is 8.93. The fraction of sp³-hybridized carbons (Fsp3) is 0.385. The van der Waals surface area contributed by atoms with Crippen LogP contribution in [-0.2, 0) is 25.7 Å². The Morgan fingerprint density at radius 2 is 1.71 bits per heavy atom. The molecule has 2 heterocycles. The van der Waals surface area contributed by atoms with Gasteiger partial charge in [0.2, 0.25) is 5.91 Å². The van der Waals surface area contributed by atoms with Gasteiger partial charge in [0.15, 0.2) is 6.61 Å². The van der Waals surface area contributed by atoms with Gasteiger partial charge in [0.1, 0.15) is 5.54 Å². The van der Waals surface area contributed by atoms with Crippen LogP contribution in [0.3, 0.4) is 0 Å². The van der Waals surface area contributed by atoms with E-state index in [1.54, 1.807) is 47.4 Å². The van der Waals surface area contributed by atoms with Gasteiger partial charge in [0.25, 0.3) is 11.8 Å². The molecule has 1 N–H and O–H groups in total. The van der Waals surface area contributed by atoms with Crippen molar-refractivity contribution in [1.82, 2.24) is 4.90 Å². The highest BCUT2D eigenvalue weighted by Gasteiger charge is 2.52. The molecule has 1 saturated heterocycles. The number of nitrogens with one attached hydrogen (secondary N) is 1. The fourth-order valence-corrected chi connectivity index (χ4v) is 5.24. The molecule has 0 bridgehead atoms. The highest BCUT2D eigenvalue weighted by Crippen LogP contribution is 2.45. The zero-order chi connectivity index (χ0) is 23.7. The zero-order valence-electron chi connectivity index (χ0n) is 18.9. The molecule has 0 unspecified atom stereocenters. The van der Waals surface area contributed by atoms with Crippen LogP contribution in [0.4, 0.5) is 11.4 Å². The lowest BCUT2D eigenvalue weighted by atomic mass is 9.90. The Kier molecular flexibility index (Phi) is 5.81. The summed E-state index contributed by atoms with van der Waals surface area (Å²) in [4.78, 5) is 54.1. The maximum atomic E-state index is 13.3. The van der Waals surface area contributed by atoms with Gasteiger partial charge in [0, 0.05) is 19.5 Å². The maximum absolute atomic E-state index is 13.3. The Balaban J connectivity index is 1.27. The van der Waals surface area contributed by atoms with Crippen molar-refractivity contribution in [3.05, 3.63) is 59.7 Å². The van der Waals surface area contributed by atoms with E-state index in [4.69, 9.17) is 4.74 Å². The Bertz CT molecular complexity index is 1140. The third-order valence-electron chi connectivity index (χ3n) is 6.99. The van der Waals surface area contributed by atoms with Crippen LogP contribution in [0.25, 0.3) is 0 Å². The molecule has 1 saturated carbocycles. The van der Waals surface area contributed by atoms with Gasteiger partial charge in [-0.15, -0.1) is 0 Å². The van der Waals surface area contributed by atoms with E-state index in [2.05, 4.69) is 5.32 Å². The number of ether oxygens (including phenoxy) is 1. The number of esters is 1. The van der Waals surface area contributed by atoms with Gasteiger partial charge in [-0.05, 0) is 49.1 Å². The van der Waals surface area contributed by atoms with E-state index in [1.807, 2.05) is 6.07 Å². The molecule has 1 aliphatic carbocycles. The summed E-state index contributed by atoms with van der Waals surface area (Å²) in [7, 11) is 0. The number of amides is 3. The Hall–Kier alpha value is -3.68. The zero-order valence-corrected chi connectivity index (χ0v) is 18.9. The van der Waals surface area contributed by atoms with Crippen molar-refractivity contribution in [2.75, 3.05) is 23.4 Å². The van der Waals surface area contributed by atoms with E-state index in [0.29, 0.717) is 42.7 Å². The molecule has 8 heteroatoms. The van der Waals surface area contributed by atoms with Crippen LogP contribution in [0.15, 0.2) is 48.5 Å². The summed E-state index contributed by atoms with van der Waals surface area (Å²) in [5, 5.41) is 2.94. The van der Waals surface area contributed by atoms with E-state index < -0.39 is 24.0 Å². The molecule has 2 aliphatic heterocycles. The van der Waals surface area contributed by atoms with E-state index in [9.17, 15) is 19.2 Å². The van der Waals surface area contributed by atoms with Crippen molar-refractivity contribution in [2.45, 2.75) is 50.6 Å². The van der Waals surface area contributed by atoms with Crippen LogP contribution in [0.2, 0.25) is 0 Å². The summed E-state index contributed by atoms with van der Waals surface area (Å²) in [5.74, 6) is -1.06. The standard InChI is InChI=1S/C26H27N3O5/c30-22-8-5-15-28(22)16-18-9-11-19(12-10-18)24(32)34-17-23(31)29-21-7-2-1-6-20(21)27-25(33)26(29)13-3-4-14-26/h1-2,6-7,9-12H,3-5,8,13-17H2,(H,27,33). The smallest absolute Gasteiger partial charge is 0.338 e. The van der Waals surface area contributed by atoms with Crippen molar-refractivity contribution in [1.29, 1.82) is 0 Å². The monoisotopic (exact) mass is 461 g/mol. The van der Waals surface area contributed by atoms with Gasteiger partial charge < -0.3 is 15.0 Å². The Morgan fingerprint density at radius 3 is 2.41 bits per heavy atom. The normalized spacial score (nSPS) is 18.7. The second-order valence-electron chi connectivity index (χ2n) is 9.13. The quantitative estimate of drug-likeness (QED) is 0.690. The topological polar surface area (TPSA) is 96.0 Å². The number of nitrogens with zero attached hydrogens (tertiary/aromatic N) is 2. The third kappa shape index (κ3) is 3.93. The minimum absolute atomic E-state index is 0.148. The predicted octanol–water partition coefficient (Wildman–Crippen LogP) is 3.26. The van der Waals surface area contributed by atoms with Crippen LogP contribution >= 0.6 is 0 Å². The first kappa shape index (κ1) is 22.1. The molecule has 2 aromatic rings. The molecule has 34 heavy (non-hydrogen) atoms. The summed E-state index contributed by atoms with van der Waals surface area (Å²) in [5.41, 5.74) is 1.54. The SMILES string of the molecule is O=C(OCC(=O)N1c2ccccc2NC(=O)C12CCCC2)c1ccc(CN2CCCC2=O)cc1. The molecule has 3 aliphatic rings. The minimum Gasteiger partial charge on any atom is -0.452 e. The Morgan fingerprint density at radius 1 is 0.971 bits per heavy atom. The molecular formula is C26H27N3O5. The van der Waals surface area contributed by atoms with Crippen molar-refractivity contribution < 1.29 is 23.9 Å². The maximum Gasteiger partial charge on any atom is 0.338 e. The van der Waals surface area contributed by atoms with Crippen LogP contribution in [0.1, 0.15) is 54.4 Å². The highest BCUT2D eigenvalue weighted by atomic mass is 16.5. The van der Waals surface area contributed by atoms with Crippen molar-refractivity contribution in [2.24, 2.45) is 0 Å². The Labute approximate surface area is 197 Å². The first-order valence-electron chi connectivity index (χ1n) is 11.8. The molecule has 2 aromatic carbocycles. The number of rotatable bonds is 5. The van der Waals surface area contributed by atoms with Crippen molar-refractivity contribution in [3.8, 4) is 0 Å². The molecule has 0 atom stereocenters. The van der Waals surface area contributed by atoms with Crippen LogP contribution in [-0.4, -0.2) is 47.3 Å². The number of hydrogen-bond acceptors (Lipinski definition) is 5. The number of fused-ring (bicyclic) bond motifs is 1. The number of para-hydroxylation sites is 2. The molecular weight excluding hydrogens is 434 g/mol. The number of likely N-dealkylation sites (tertiary alicyclic amines) is 1. The molecule has 5 rings (SSSR count). The molecule has 2 fully saturated rings. The predicted molar refractivity (Wildman–Crippen MR) is 125 cm³/mol. The van der Waals surface area contributed by atoms with E-state index in [1.165, 1.54) is 4.90 Å². The van der Waals surface area contributed by atoms with Gasteiger partial charge in [0.05, 0.1) is 16.9 Å². The molecule has 3 amide bonds. The summed E-state index contributed by atoms with van der Waals surface area (Å²) in [6, 6.07) is 14.1. The number of carbonyl (C=O) groups is 4. The van der Waals surface area contributed by atoms with E-state index in [-0.39, 0.29) is 11.8 Å². The average molecular weight is 462 g/mol. The first-order valence-corrected chi connectivity index (χ1v) is 11.8. The van der Waals surface area contributed by atoms with Crippen molar-refractivity contribution in [3.63, 3.8) is 0 Å². The van der Waals surface area contributed by atoms with Crippen LogP contribution < -0.4 is 10.2 Å². The minimum atomic E-state index is -0.938. The fourth-order valence-electron chi connectivity index (χ4n) is 5.24. The van der Waals surface area contributed by atoms with Crippen LogP contribution in [0, 0.1) is 0 Å². The molecule has 176 valence electrons. The lowest BCUT2D eigenvalue weighted by Gasteiger charge is -2.44. The molecule has 8 nitrogen and oxygen atoms in total. The van der Waals surface area contributed by atoms with Gasteiger partial charge in [-0.1, -0.05) is 37.1 Å². The van der Waals surface area contributed by atoms with Gasteiger partial charge >= 0.3 is 5.97 Å². The summed E-state index contributed by atoms with van der Waals surface area (Å²) in [6.07, 6.45) is 4.33. The highest BCUT2D eigenvalue weighted by molar-refractivity contribution is 6.15. The lowest BCUT2D eigenvalue weighted by molar-refractivity contribution is -0.129. The second-order valence-corrected chi connectivity index (χ2v) is 9.13. The third-order valence-corrected chi connectivity index (χ3v) is 6.99. The molecule has 1 spiro atoms. The number of anilines is 2. The van der Waals surface area contributed by atoms with Gasteiger partial charge in [-0.2, -0.15) is 0 Å². The van der Waals surface area contributed by atoms with Crippen molar-refractivity contribution >= 4 is 35.1 Å². The molecule has 0 aromatic heterocycles. The first-order chi connectivity index (χ1) is 16.5. The number of carbonyl (C=O) groups excluding carboxylic acids is 4. The van der Waals surface area contributed by atoms with Gasteiger partial charge in [-0.25, -0.2) is 4.79 Å².